The van der Waals surface area contributed by atoms with Gasteiger partial charge in [-0.05, 0) is 47.7 Å². The number of nitrogens with two attached hydrogens (primary N) is 1. The highest BCUT2D eigenvalue weighted by atomic mass is 16.4. The molecule has 4 rings (SSSR count). The van der Waals surface area contributed by atoms with Crippen LogP contribution in [0, 0.1) is 19.8 Å². The number of carbonyl (C=O) groups excluding carboxylic acids is 2. The van der Waals surface area contributed by atoms with Gasteiger partial charge in [-0.15, -0.1) is 0 Å². The molecule has 0 bridgehead atoms. The first kappa shape index (κ1) is 20.5. The molecule has 0 saturated heterocycles. The molecule has 1 aliphatic rings. The van der Waals surface area contributed by atoms with Gasteiger partial charge in [-0.3, -0.25) is 14.4 Å². The Kier molecular flexibility index (Phi) is 5.40. The fourth-order valence-corrected chi connectivity index (χ4v) is 3.39. The maximum Gasteiger partial charge on any atom is 0.320 e. The summed E-state index contributed by atoms with van der Waals surface area (Å²) in [4.78, 5) is 35.0. The lowest BCUT2D eigenvalue weighted by Crippen LogP contribution is -2.34. The molecule has 0 radical (unpaired) electrons. The molecule has 0 unspecified atom stereocenters. The third-order valence-electron chi connectivity index (χ3n) is 5.16. The number of rotatable bonds is 2. The number of hydrogen-bond donors (Lipinski definition) is 2. The minimum absolute atomic E-state index is 0.0208. The van der Waals surface area contributed by atoms with E-state index in [-0.39, 0.29) is 5.92 Å². The summed E-state index contributed by atoms with van der Waals surface area (Å²) in [7, 11) is 0. The number of fused-ring (bicyclic) bond motifs is 5. The molecule has 0 saturated carbocycles. The van der Waals surface area contributed by atoms with Gasteiger partial charge in [0.15, 0.2) is 0 Å². The smallest absolute Gasteiger partial charge is 0.320 e. The average Bonchev–Trinajstić information content (AvgIpc) is 3.07. The molecule has 1 atom stereocenters. The van der Waals surface area contributed by atoms with E-state index in [4.69, 9.17) is 15.3 Å². The summed E-state index contributed by atoms with van der Waals surface area (Å²) in [6.07, 6.45) is 1.53. The first-order chi connectivity index (χ1) is 13.6. The number of benzene rings is 2. The molecule has 29 heavy (non-hydrogen) atoms. The van der Waals surface area contributed by atoms with Gasteiger partial charge in [0.05, 0.1) is 11.8 Å². The van der Waals surface area contributed by atoms with Gasteiger partial charge in [0.25, 0.3) is 0 Å². The first-order valence-electron chi connectivity index (χ1n) is 9.33. The van der Waals surface area contributed by atoms with Gasteiger partial charge < -0.3 is 15.3 Å². The summed E-state index contributed by atoms with van der Waals surface area (Å²) in [5, 5.41) is 10.0. The molecule has 0 aliphatic heterocycles. The highest BCUT2D eigenvalue weighted by molar-refractivity contribution is 6.54. The second-order valence-electron chi connectivity index (χ2n) is 7.55. The van der Waals surface area contributed by atoms with Crippen LogP contribution in [0.3, 0.4) is 0 Å². The Balaban J connectivity index is 0.000000258. The summed E-state index contributed by atoms with van der Waals surface area (Å²) in [5.74, 6) is -1.32. The Morgan fingerprint density at radius 2 is 1.62 bits per heavy atom. The SMILES string of the molecule is CC(C)[C@H](N)C(=O)O.Cc1coc2c1C(=O)C(=O)c1c-2ccc2c(C)cccc12. The lowest BCUT2D eigenvalue weighted by Gasteiger charge is -2.16. The third kappa shape index (κ3) is 3.47. The molecule has 2 aromatic carbocycles. The molecule has 0 fully saturated rings. The number of carboxylic acid groups (broad SMARTS) is 1. The lowest BCUT2D eigenvalue weighted by atomic mass is 9.84. The average molecular weight is 393 g/mol. The van der Waals surface area contributed by atoms with Crippen molar-refractivity contribution in [3.63, 3.8) is 0 Å². The zero-order chi connectivity index (χ0) is 21.5. The summed E-state index contributed by atoms with van der Waals surface area (Å²) >= 11 is 0. The number of carboxylic acids is 1. The van der Waals surface area contributed by atoms with Crippen LogP contribution in [-0.4, -0.2) is 28.7 Å². The van der Waals surface area contributed by atoms with Gasteiger partial charge in [-0.25, -0.2) is 0 Å². The van der Waals surface area contributed by atoms with Crippen molar-refractivity contribution < 1.29 is 23.9 Å². The Bertz CT molecular complexity index is 1140. The molecule has 0 spiro atoms. The fraction of sp³-hybridized carbons (Fsp3) is 0.261. The molecule has 3 aromatic rings. The summed E-state index contributed by atoms with van der Waals surface area (Å²) in [5.41, 5.74) is 8.52. The molecule has 3 N–H and O–H groups in total. The summed E-state index contributed by atoms with van der Waals surface area (Å²) < 4.78 is 5.54. The maximum atomic E-state index is 12.6. The van der Waals surface area contributed by atoms with E-state index in [1.54, 1.807) is 20.8 Å². The van der Waals surface area contributed by atoms with Crippen molar-refractivity contribution in [1.82, 2.24) is 0 Å². The third-order valence-corrected chi connectivity index (χ3v) is 5.16. The standard InChI is InChI=1S/C18H12O3.C5H11NO2/c1-9-4-3-5-12-11(9)6-7-13-15(12)17(20)16(19)14-10(2)8-21-18(13)14;1-3(2)4(6)5(7)8/h3-8H,1-2H3;3-4H,6H2,1-2H3,(H,7,8)/t;4-/m.0/s1. The number of ketones is 2. The van der Waals surface area contributed by atoms with Crippen LogP contribution in [-0.2, 0) is 4.79 Å². The van der Waals surface area contributed by atoms with Crippen LogP contribution < -0.4 is 5.73 Å². The number of aryl methyl sites for hydroxylation is 2. The van der Waals surface area contributed by atoms with E-state index < -0.39 is 23.6 Å². The van der Waals surface area contributed by atoms with Crippen LogP contribution in [0.25, 0.3) is 22.1 Å². The molecule has 0 amide bonds. The lowest BCUT2D eigenvalue weighted by molar-refractivity contribution is -0.139. The normalized spacial score (nSPS) is 13.6. The van der Waals surface area contributed by atoms with Crippen LogP contribution in [0.15, 0.2) is 41.0 Å². The van der Waals surface area contributed by atoms with Gasteiger partial charge >= 0.3 is 5.97 Å². The van der Waals surface area contributed by atoms with E-state index in [1.165, 1.54) is 6.26 Å². The van der Waals surface area contributed by atoms with Crippen molar-refractivity contribution in [2.75, 3.05) is 0 Å². The van der Waals surface area contributed by atoms with Crippen LogP contribution in [0.1, 0.15) is 45.7 Å². The van der Waals surface area contributed by atoms with Crippen LogP contribution in [0.4, 0.5) is 0 Å². The quantitative estimate of drug-likeness (QED) is 0.633. The molecule has 1 aliphatic carbocycles. The molecular formula is C23H23NO5. The van der Waals surface area contributed by atoms with Crippen molar-refractivity contribution in [2.45, 2.75) is 33.7 Å². The van der Waals surface area contributed by atoms with Crippen molar-refractivity contribution in [1.29, 1.82) is 0 Å². The predicted molar refractivity (Wildman–Crippen MR) is 110 cm³/mol. The van der Waals surface area contributed by atoms with Crippen LogP contribution in [0.5, 0.6) is 0 Å². The molecule has 150 valence electrons. The largest absolute Gasteiger partial charge is 0.480 e. The van der Waals surface area contributed by atoms with E-state index in [9.17, 15) is 14.4 Å². The Morgan fingerprint density at radius 1 is 0.966 bits per heavy atom. The van der Waals surface area contributed by atoms with Crippen molar-refractivity contribution in [2.24, 2.45) is 11.7 Å². The van der Waals surface area contributed by atoms with Gasteiger partial charge in [-0.1, -0.05) is 38.1 Å². The number of carbonyl (C=O) groups is 3. The fourth-order valence-electron chi connectivity index (χ4n) is 3.39. The minimum atomic E-state index is -0.931. The van der Waals surface area contributed by atoms with E-state index >= 15 is 0 Å². The number of aliphatic carboxylic acids is 1. The molecule has 6 nitrogen and oxygen atoms in total. The first-order valence-corrected chi connectivity index (χ1v) is 9.33. The maximum absolute atomic E-state index is 12.6. The zero-order valence-corrected chi connectivity index (χ0v) is 16.8. The summed E-state index contributed by atoms with van der Waals surface area (Å²) in [6, 6.07) is 8.92. The highest BCUT2D eigenvalue weighted by Crippen LogP contribution is 2.39. The van der Waals surface area contributed by atoms with Gasteiger partial charge in [-0.2, -0.15) is 0 Å². The monoisotopic (exact) mass is 393 g/mol. The second kappa shape index (κ2) is 7.64. The van der Waals surface area contributed by atoms with Crippen LogP contribution >= 0.6 is 0 Å². The topological polar surface area (TPSA) is 111 Å². The Hall–Kier alpha value is -3.25. The number of Topliss-reactive ketones (excluding diaryl/α,β-unsaturated/α-hetero) is 2. The van der Waals surface area contributed by atoms with E-state index in [2.05, 4.69) is 0 Å². The predicted octanol–water partition coefficient (Wildman–Crippen LogP) is 4.15. The molecule has 1 aromatic heterocycles. The molecule has 1 heterocycles. The van der Waals surface area contributed by atoms with Gasteiger partial charge in [0, 0.05) is 11.1 Å². The number of hydrogen-bond acceptors (Lipinski definition) is 5. The highest BCUT2D eigenvalue weighted by Gasteiger charge is 2.35. The van der Waals surface area contributed by atoms with Gasteiger partial charge in [0.2, 0.25) is 11.6 Å². The molecular weight excluding hydrogens is 370 g/mol. The van der Waals surface area contributed by atoms with E-state index in [1.807, 2.05) is 37.3 Å². The van der Waals surface area contributed by atoms with Crippen LogP contribution in [0.2, 0.25) is 0 Å². The zero-order valence-electron chi connectivity index (χ0n) is 16.8. The summed E-state index contributed by atoms with van der Waals surface area (Å²) in [6.45, 7) is 7.33. The minimum Gasteiger partial charge on any atom is -0.480 e. The molecule has 6 heteroatoms. The van der Waals surface area contributed by atoms with Crippen molar-refractivity contribution in [3.05, 3.63) is 58.8 Å². The van der Waals surface area contributed by atoms with E-state index in [0.717, 1.165) is 16.3 Å². The van der Waals surface area contributed by atoms with Crippen molar-refractivity contribution >= 4 is 28.3 Å². The van der Waals surface area contributed by atoms with E-state index in [0.29, 0.717) is 28.0 Å². The Labute approximate surface area is 168 Å². The number of furan rings is 1. The Morgan fingerprint density at radius 3 is 2.21 bits per heavy atom. The van der Waals surface area contributed by atoms with Crippen molar-refractivity contribution in [3.8, 4) is 11.3 Å². The second-order valence-corrected chi connectivity index (χ2v) is 7.55. The van der Waals surface area contributed by atoms with Gasteiger partial charge in [0.1, 0.15) is 11.8 Å².